The molecule has 11 nitrogen and oxygen atoms in total. The third-order valence-electron chi connectivity index (χ3n) is 8.47. The van der Waals surface area contributed by atoms with Crippen LogP contribution in [0.2, 0.25) is 0 Å². The first-order valence-electron chi connectivity index (χ1n) is 15.2. The Morgan fingerprint density at radius 2 is 1.79 bits per heavy atom. The van der Waals surface area contributed by atoms with E-state index in [9.17, 15) is 19.5 Å². The molecule has 1 fully saturated rings. The average molecular weight is 608 g/mol. The summed E-state index contributed by atoms with van der Waals surface area (Å²) in [4.78, 5) is 38.6. The molecule has 3 amide bonds. The molecular formula is C32H53N3O8. The fourth-order valence-electron chi connectivity index (χ4n) is 5.29. The highest BCUT2D eigenvalue weighted by molar-refractivity contribution is 5.83. The van der Waals surface area contributed by atoms with E-state index in [0.717, 1.165) is 12.0 Å². The highest BCUT2D eigenvalue weighted by Gasteiger charge is 2.42. The third kappa shape index (κ3) is 10.6. The summed E-state index contributed by atoms with van der Waals surface area (Å²) in [5, 5.41) is 12.9. The number of methoxy groups -OCH3 is 2. The zero-order valence-corrected chi connectivity index (χ0v) is 27.2. The summed E-state index contributed by atoms with van der Waals surface area (Å²) in [6, 6.07) is 5.49. The van der Waals surface area contributed by atoms with Gasteiger partial charge in [0.15, 0.2) is 11.5 Å². The number of rotatable bonds is 18. The maximum Gasteiger partial charge on any atom is 0.409 e. The van der Waals surface area contributed by atoms with Crippen LogP contribution in [0, 0.1) is 29.1 Å². The van der Waals surface area contributed by atoms with Gasteiger partial charge in [0.25, 0.3) is 0 Å². The molecule has 1 aromatic rings. The Bertz CT molecular complexity index is 1060. The van der Waals surface area contributed by atoms with Crippen LogP contribution in [0.4, 0.5) is 4.79 Å². The van der Waals surface area contributed by atoms with Crippen LogP contribution in [0.5, 0.6) is 11.5 Å². The largest absolute Gasteiger partial charge is 0.493 e. The summed E-state index contributed by atoms with van der Waals surface area (Å²) in [6.45, 7) is 12.7. The van der Waals surface area contributed by atoms with Crippen LogP contribution in [0.3, 0.4) is 0 Å². The van der Waals surface area contributed by atoms with Crippen LogP contribution in [0.1, 0.15) is 66.4 Å². The van der Waals surface area contributed by atoms with E-state index in [1.165, 1.54) is 4.90 Å². The minimum Gasteiger partial charge on any atom is -0.493 e. The smallest absolute Gasteiger partial charge is 0.409 e. The SMILES string of the molecule is COCCCOc1cc(CC(C[C@H]2[C@H](C[C@H](C(=O)NCC(C)(C)C(N)=O)C(C)C)OCN2C(=O)O)C(C)C)ccc1OC. The van der Waals surface area contributed by atoms with E-state index in [4.69, 9.17) is 24.7 Å². The summed E-state index contributed by atoms with van der Waals surface area (Å²) in [5.74, 6) is 0.561. The minimum absolute atomic E-state index is 0.0256. The first-order chi connectivity index (χ1) is 20.2. The fraction of sp³-hybridized carbons (Fsp3) is 0.719. The van der Waals surface area contributed by atoms with Gasteiger partial charge >= 0.3 is 6.09 Å². The molecule has 0 saturated carbocycles. The molecule has 244 valence electrons. The molecule has 0 aromatic heterocycles. The number of hydrogen-bond donors (Lipinski definition) is 3. The number of hydrogen-bond acceptors (Lipinski definition) is 7. The van der Waals surface area contributed by atoms with Gasteiger partial charge in [-0.3, -0.25) is 14.5 Å². The number of nitrogens with one attached hydrogen (secondary N) is 1. The van der Waals surface area contributed by atoms with Gasteiger partial charge in [-0.15, -0.1) is 0 Å². The lowest BCUT2D eigenvalue weighted by Gasteiger charge is -2.32. The molecule has 1 aromatic carbocycles. The van der Waals surface area contributed by atoms with Crippen molar-refractivity contribution in [3.63, 3.8) is 0 Å². The second-order valence-electron chi connectivity index (χ2n) is 12.8. The Kier molecular flexibility index (Phi) is 14.0. The number of carbonyl (C=O) groups is 3. The topological polar surface area (TPSA) is 150 Å². The lowest BCUT2D eigenvalue weighted by atomic mass is 9.80. The number of carboxylic acid groups (broad SMARTS) is 1. The van der Waals surface area contributed by atoms with E-state index >= 15 is 0 Å². The second kappa shape index (κ2) is 16.7. The zero-order chi connectivity index (χ0) is 32.3. The molecule has 4 atom stereocenters. The summed E-state index contributed by atoms with van der Waals surface area (Å²) >= 11 is 0. The van der Waals surface area contributed by atoms with Gasteiger partial charge in [0, 0.05) is 32.6 Å². The zero-order valence-electron chi connectivity index (χ0n) is 27.2. The van der Waals surface area contributed by atoms with E-state index in [-0.39, 0.29) is 36.9 Å². The molecule has 43 heavy (non-hydrogen) atoms. The maximum atomic E-state index is 13.3. The molecule has 1 aliphatic rings. The van der Waals surface area contributed by atoms with Crippen LogP contribution in [0.25, 0.3) is 0 Å². The van der Waals surface area contributed by atoms with Crippen molar-refractivity contribution >= 4 is 17.9 Å². The molecule has 11 heteroatoms. The summed E-state index contributed by atoms with van der Waals surface area (Å²) in [7, 11) is 3.27. The Morgan fingerprint density at radius 3 is 2.35 bits per heavy atom. The van der Waals surface area contributed by atoms with Crippen LogP contribution < -0.4 is 20.5 Å². The van der Waals surface area contributed by atoms with Crippen molar-refractivity contribution < 1.29 is 38.4 Å². The molecular weight excluding hydrogens is 554 g/mol. The molecule has 1 saturated heterocycles. The number of nitrogens with zero attached hydrogens (tertiary/aromatic N) is 1. The number of primary amides is 1. The van der Waals surface area contributed by atoms with Crippen LogP contribution in [-0.2, 0) is 25.5 Å². The molecule has 0 aliphatic carbocycles. The van der Waals surface area contributed by atoms with Gasteiger partial charge < -0.3 is 35.1 Å². The Hall–Kier alpha value is -3.05. The number of benzene rings is 1. The number of carbonyl (C=O) groups excluding carboxylic acids is 2. The fourth-order valence-corrected chi connectivity index (χ4v) is 5.29. The van der Waals surface area contributed by atoms with Crippen molar-refractivity contribution in [2.45, 2.75) is 79.4 Å². The molecule has 2 rings (SSSR count). The first kappa shape index (κ1) is 36.1. The second-order valence-corrected chi connectivity index (χ2v) is 12.8. The van der Waals surface area contributed by atoms with Crippen molar-refractivity contribution in [1.82, 2.24) is 10.2 Å². The van der Waals surface area contributed by atoms with Gasteiger partial charge in [-0.25, -0.2) is 4.79 Å². The predicted octanol–water partition coefficient (Wildman–Crippen LogP) is 4.31. The van der Waals surface area contributed by atoms with Crippen LogP contribution >= 0.6 is 0 Å². The van der Waals surface area contributed by atoms with Gasteiger partial charge in [0.05, 0.1) is 31.3 Å². The van der Waals surface area contributed by atoms with Gasteiger partial charge in [0.1, 0.15) is 6.73 Å². The summed E-state index contributed by atoms with van der Waals surface area (Å²) in [6.07, 6.45) is 0.914. The third-order valence-corrected chi connectivity index (χ3v) is 8.47. The van der Waals surface area contributed by atoms with Crippen molar-refractivity contribution in [1.29, 1.82) is 0 Å². The Labute approximate surface area is 256 Å². The van der Waals surface area contributed by atoms with E-state index in [2.05, 4.69) is 19.2 Å². The summed E-state index contributed by atoms with van der Waals surface area (Å²) in [5.41, 5.74) is 5.66. The average Bonchev–Trinajstić information content (AvgIpc) is 3.34. The van der Waals surface area contributed by atoms with Crippen molar-refractivity contribution in [2.75, 3.05) is 40.7 Å². The first-order valence-corrected chi connectivity index (χ1v) is 15.2. The molecule has 0 radical (unpaired) electrons. The molecule has 4 N–H and O–H groups in total. The van der Waals surface area contributed by atoms with E-state index in [1.807, 2.05) is 32.0 Å². The van der Waals surface area contributed by atoms with E-state index < -0.39 is 35.5 Å². The van der Waals surface area contributed by atoms with Crippen molar-refractivity contribution in [3.05, 3.63) is 23.8 Å². The number of nitrogens with two attached hydrogens (primary N) is 1. The molecule has 0 spiro atoms. The normalized spacial score (nSPS) is 18.5. The van der Waals surface area contributed by atoms with Gasteiger partial charge in [0.2, 0.25) is 11.8 Å². The van der Waals surface area contributed by atoms with Gasteiger partial charge in [-0.05, 0) is 68.6 Å². The monoisotopic (exact) mass is 607 g/mol. The maximum absolute atomic E-state index is 13.3. The highest BCUT2D eigenvalue weighted by atomic mass is 16.5. The highest BCUT2D eigenvalue weighted by Crippen LogP contribution is 2.35. The molecule has 1 heterocycles. The van der Waals surface area contributed by atoms with Gasteiger partial charge in [-0.2, -0.15) is 0 Å². The molecule has 0 bridgehead atoms. The van der Waals surface area contributed by atoms with E-state index in [1.54, 1.807) is 28.1 Å². The number of amides is 3. The van der Waals surface area contributed by atoms with Crippen LogP contribution in [0.15, 0.2) is 18.2 Å². The quantitative estimate of drug-likeness (QED) is 0.209. The molecule has 1 aliphatic heterocycles. The summed E-state index contributed by atoms with van der Waals surface area (Å²) < 4.78 is 22.6. The molecule has 1 unspecified atom stereocenters. The predicted molar refractivity (Wildman–Crippen MR) is 164 cm³/mol. The Morgan fingerprint density at radius 1 is 1.09 bits per heavy atom. The lowest BCUT2D eigenvalue weighted by molar-refractivity contribution is -0.130. The minimum atomic E-state index is -1.04. The Balaban J connectivity index is 2.23. The van der Waals surface area contributed by atoms with Gasteiger partial charge in [-0.1, -0.05) is 33.8 Å². The van der Waals surface area contributed by atoms with Crippen molar-refractivity contribution in [2.24, 2.45) is 34.8 Å². The standard InChI is InChI=1S/C32H53N3O8/c1-20(2)23(14-22-10-11-26(41-8)28(15-22)42-13-9-12-40-7)16-25-27(43-19-35(25)31(38)39)17-24(21(3)4)29(36)34-18-32(5,6)30(33)37/h10-11,15,20-21,23-25,27H,9,12-14,16-19H2,1-8H3,(H2,33,37)(H,34,36)(H,38,39)/t23?,24-,25-,27-/m0/s1. The van der Waals surface area contributed by atoms with E-state index in [0.29, 0.717) is 44.0 Å². The number of ether oxygens (including phenoxy) is 4. The van der Waals surface area contributed by atoms with Crippen LogP contribution in [-0.4, -0.2) is 80.8 Å². The lowest BCUT2D eigenvalue weighted by Crippen LogP contribution is -2.46. The van der Waals surface area contributed by atoms with Crippen molar-refractivity contribution in [3.8, 4) is 11.5 Å².